The molecular weight excluding hydrogens is 254 g/mol. The highest BCUT2D eigenvalue weighted by atomic mass is 19.2. The summed E-state index contributed by atoms with van der Waals surface area (Å²) < 4.78 is 29.3. The van der Waals surface area contributed by atoms with E-state index in [1.54, 1.807) is 0 Å². The van der Waals surface area contributed by atoms with E-state index in [2.05, 4.69) is 20.8 Å². The summed E-state index contributed by atoms with van der Waals surface area (Å²) in [6.45, 7) is 12.3. The molecule has 0 aromatic carbocycles. The molecule has 1 aliphatic rings. The third-order valence-corrected chi connectivity index (χ3v) is 5.92. The van der Waals surface area contributed by atoms with Crippen LogP contribution in [0.1, 0.15) is 67.2 Å². The number of allylic oxidation sites excluding steroid dienone is 4. The molecule has 0 aromatic rings. The molecule has 0 radical (unpaired) electrons. The van der Waals surface area contributed by atoms with Gasteiger partial charge in [0, 0.05) is 5.92 Å². The fraction of sp³-hybridized carbons (Fsp3) is 0.778. The van der Waals surface area contributed by atoms with Crippen LogP contribution >= 0.6 is 0 Å². The van der Waals surface area contributed by atoms with Crippen LogP contribution in [0.25, 0.3) is 0 Å². The number of hydrogen-bond acceptors (Lipinski definition) is 0. The SMILES string of the molecule is CCC(C)(CC)C1=C(F)C(F)C(C(C)(CC)CC)C=C1. The summed E-state index contributed by atoms with van der Waals surface area (Å²) in [5.41, 5.74) is 0.138. The van der Waals surface area contributed by atoms with Gasteiger partial charge in [0.05, 0.1) is 0 Å². The second-order valence-electron chi connectivity index (χ2n) is 6.68. The summed E-state index contributed by atoms with van der Waals surface area (Å²) in [5, 5.41) is 0. The summed E-state index contributed by atoms with van der Waals surface area (Å²) in [6.07, 6.45) is 5.66. The second-order valence-corrected chi connectivity index (χ2v) is 6.68. The Morgan fingerprint density at radius 2 is 1.50 bits per heavy atom. The molecule has 0 saturated heterocycles. The minimum atomic E-state index is -1.49. The third-order valence-electron chi connectivity index (χ3n) is 5.92. The molecule has 1 rings (SSSR count). The van der Waals surface area contributed by atoms with E-state index in [4.69, 9.17) is 0 Å². The molecule has 20 heavy (non-hydrogen) atoms. The van der Waals surface area contributed by atoms with Crippen LogP contribution in [-0.2, 0) is 0 Å². The molecule has 0 N–H and O–H groups in total. The van der Waals surface area contributed by atoms with Crippen LogP contribution in [0.15, 0.2) is 23.6 Å². The highest BCUT2D eigenvalue weighted by Crippen LogP contribution is 2.48. The van der Waals surface area contributed by atoms with Crippen molar-refractivity contribution in [3.05, 3.63) is 23.6 Å². The van der Waals surface area contributed by atoms with Crippen LogP contribution in [0, 0.1) is 16.7 Å². The fourth-order valence-corrected chi connectivity index (χ4v) is 3.11. The minimum Gasteiger partial charge on any atom is -0.239 e. The summed E-state index contributed by atoms with van der Waals surface area (Å²) in [5.74, 6) is -0.879. The molecule has 0 aromatic heterocycles. The number of halogens is 2. The van der Waals surface area contributed by atoms with Crippen molar-refractivity contribution in [3.8, 4) is 0 Å². The first kappa shape index (κ1) is 17.4. The first-order chi connectivity index (χ1) is 9.29. The quantitative estimate of drug-likeness (QED) is 0.530. The van der Waals surface area contributed by atoms with Crippen molar-refractivity contribution in [3.63, 3.8) is 0 Å². The average Bonchev–Trinajstić information content (AvgIpc) is 2.48. The lowest BCUT2D eigenvalue weighted by atomic mass is 9.66. The Balaban J connectivity index is 3.16. The third kappa shape index (κ3) is 2.84. The molecule has 2 heteroatoms. The molecule has 2 atom stereocenters. The van der Waals surface area contributed by atoms with Gasteiger partial charge in [-0.25, -0.2) is 8.78 Å². The standard InChI is InChI=1S/C18H30F2/c1-7-17(5,8-2)13-11-12-14(16(20)15(13)19)18(6,9-3)10-4/h11-13,15H,7-10H2,1-6H3. The fourth-order valence-electron chi connectivity index (χ4n) is 3.11. The van der Waals surface area contributed by atoms with E-state index in [1.165, 1.54) is 0 Å². The summed E-state index contributed by atoms with van der Waals surface area (Å²) >= 11 is 0. The minimum absolute atomic E-state index is 0.173. The molecule has 0 saturated carbocycles. The molecule has 0 fully saturated rings. The Morgan fingerprint density at radius 3 is 1.90 bits per heavy atom. The van der Waals surface area contributed by atoms with Gasteiger partial charge in [0.1, 0.15) is 5.83 Å². The van der Waals surface area contributed by atoms with E-state index >= 15 is 0 Å². The van der Waals surface area contributed by atoms with Gasteiger partial charge in [-0.15, -0.1) is 0 Å². The average molecular weight is 284 g/mol. The van der Waals surface area contributed by atoms with Crippen molar-refractivity contribution in [1.29, 1.82) is 0 Å². The van der Waals surface area contributed by atoms with Crippen molar-refractivity contribution in [2.24, 2.45) is 16.7 Å². The van der Waals surface area contributed by atoms with E-state index < -0.39 is 12.0 Å². The monoisotopic (exact) mass is 284 g/mol. The molecule has 116 valence electrons. The maximum atomic E-state index is 14.7. The Morgan fingerprint density at radius 1 is 1.00 bits per heavy atom. The van der Waals surface area contributed by atoms with Gasteiger partial charge in [-0.2, -0.15) is 0 Å². The molecule has 2 unspecified atom stereocenters. The van der Waals surface area contributed by atoms with Crippen molar-refractivity contribution < 1.29 is 8.78 Å². The van der Waals surface area contributed by atoms with E-state index in [-0.39, 0.29) is 16.7 Å². The van der Waals surface area contributed by atoms with Crippen LogP contribution in [0.2, 0.25) is 0 Å². The molecule has 0 aliphatic heterocycles. The van der Waals surface area contributed by atoms with Crippen molar-refractivity contribution in [2.45, 2.75) is 73.4 Å². The van der Waals surface area contributed by atoms with Gasteiger partial charge in [-0.05, 0) is 29.2 Å². The predicted molar refractivity (Wildman–Crippen MR) is 83.0 cm³/mol. The molecule has 1 aliphatic carbocycles. The second kappa shape index (κ2) is 6.41. The van der Waals surface area contributed by atoms with Crippen LogP contribution in [0.3, 0.4) is 0 Å². The zero-order valence-electron chi connectivity index (χ0n) is 13.9. The van der Waals surface area contributed by atoms with Gasteiger partial charge in [-0.3, -0.25) is 0 Å². The van der Waals surface area contributed by atoms with Gasteiger partial charge >= 0.3 is 0 Å². The Kier molecular flexibility index (Phi) is 5.57. The smallest absolute Gasteiger partial charge is 0.158 e. The van der Waals surface area contributed by atoms with Crippen molar-refractivity contribution in [2.75, 3.05) is 0 Å². The molecule has 0 heterocycles. The number of hydrogen-bond donors (Lipinski definition) is 0. The maximum Gasteiger partial charge on any atom is 0.158 e. The molecule has 0 nitrogen and oxygen atoms in total. The largest absolute Gasteiger partial charge is 0.239 e. The van der Waals surface area contributed by atoms with Gasteiger partial charge in [0.25, 0.3) is 0 Å². The first-order valence-electron chi connectivity index (χ1n) is 8.02. The number of alkyl halides is 1. The van der Waals surface area contributed by atoms with Crippen LogP contribution in [-0.4, -0.2) is 6.17 Å². The Labute approximate surface area is 123 Å². The zero-order chi connectivity index (χ0) is 15.6. The van der Waals surface area contributed by atoms with E-state index in [9.17, 15) is 8.78 Å². The van der Waals surface area contributed by atoms with Crippen LogP contribution in [0.5, 0.6) is 0 Å². The number of rotatable bonds is 6. The van der Waals surface area contributed by atoms with Crippen LogP contribution < -0.4 is 0 Å². The van der Waals surface area contributed by atoms with E-state index in [0.29, 0.717) is 5.57 Å². The molecular formula is C18H30F2. The summed E-state index contributed by atoms with van der Waals surface area (Å²) in [7, 11) is 0. The van der Waals surface area contributed by atoms with Gasteiger partial charge in [0.2, 0.25) is 0 Å². The van der Waals surface area contributed by atoms with E-state index in [1.807, 2.05) is 32.9 Å². The first-order valence-corrected chi connectivity index (χ1v) is 8.02. The van der Waals surface area contributed by atoms with Gasteiger partial charge in [0.15, 0.2) is 6.17 Å². The van der Waals surface area contributed by atoms with Crippen molar-refractivity contribution >= 4 is 0 Å². The highest BCUT2D eigenvalue weighted by Gasteiger charge is 2.42. The van der Waals surface area contributed by atoms with Gasteiger partial charge in [-0.1, -0.05) is 66.5 Å². The Hall–Kier alpha value is -0.660. The summed E-state index contributed by atoms with van der Waals surface area (Å²) in [6, 6.07) is 0. The van der Waals surface area contributed by atoms with Crippen molar-refractivity contribution in [1.82, 2.24) is 0 Å². The van der Waals surface area contributed by atoms with Crippen LogP contribution in [0.4, 0.5) is 8.78 Å². The zero-order valence-corrected chi connectivity index (χ0v) is 13.9. The predicted octanol–water partition coefficient (Wildman–Crippen LogP) is 6.39. The lowest BCUT2D eigenvalue weighted by Gasteiger charge is -2.40. The lowest BCUT2D eigenvalue weighted by Crippen LogP contribution is -2.36. The molecule has 0 amide bonds. The Bertz CT molecular complexity index is 384. The maximum absolute atomic E-state index is 14.7. The normalized spacial score (nSPS) is 24.4. The summed E-state index contributed by atoms with van der Waals surface area (Å²) in [4.78, 5) is 0. The molecule has 0 spiro atoms. The lowest BCUT2D eigenvalue weighted by molar-refractivity contribution is 0.113. The highest BCUT2D eigenvalue weighted by molar-refractivity contribution is 5.36. The molecule has 0 bridgehead atoms. The van der Waals surface area contributed by atoms with E-state index in [0.717, 1.165) is 25.7 Å². The van der Waals surface area contributed by atoms with Gasteiger partial charge < -0.3 is 0 Å². The topological polar surface area (TPSA) is 0 Å².